The summed E-state index contributed by atoms with van der Waals surface area (Å²) in [4.78, 5) is 0. The van der Waals surface area contributed by atoms with Crippen LogP contribution in [0.2, 0.25) is 0 Å². The Kier molecular flexibility index (Phi) is 0.722. The molecule has 5 atom stereocenters. The van der Waals surface area contributed by atoms with Gasteiger partial charge >= 0.3 is 0 Å². The predicted molar refractivity (Wildman–Crippen MR) is 40.4 cm³/mol. The first-order valence-electron chi connectivity index (χ1n) is 4.55. The molecular weight excluding hydrogens is 122 g/mol. The van der Waals surface area contributed by atoms with Gasteiger partial charge in [0.15, 0.2) is 0 Å². The second-order valence-electron chi connectivity index (χ2n) is 4.50. The minimum absolute atomic E-state index is 0.602. The summed E-state index contributed by atoms with van der Waals surface area (Å²) < 4.78 is 0. The third kappa shape index (κ3) is 0.334. The van der Waals surface area contributed by atoms with Crippen molar-refractivity contribution in [2.45, 2.75) is 32.2 Å². The summed E-state index contributed by atoms with van der Waals surface area (Å²) in [6.45, 7) is 2.34. The normalized spacial score (nSPS) is 69.0. The fourth-order valence-electron chi connectivity index (χ4n) is 4.06. The average Bonchev–Trinajstić information content (AvgIpc) is 2.36. The molecule has 1 nitrogen and oxygen atoms in total. The second-order valence-corrected chi connectivity index (χ2v) is 4.50. The van der Waals surface area contributed by atoms with E-state index in [2.05, 4.69) is 6.92 Å². The molecule has 4 saturated carbocycles. The average molecular weight is 137 g/mol. The first-order valence-corrected chi connectivity index (χ1v) is 4.55. The van der Waals surface area contributed by atoms with Gasteiger partial charge in [-0.2, -0.15) is 0 Å². The molecular formula is C9H15N. The summed E-state index contributed by atoms with van der Waals surface area (Å²) in [6, 6.07) is 0.602. The van der Waals surface area contributed by atoms with Crippen molar-refractivity contribution in [3.8, 4) is 0 Å². The van der Waals surface area contributed by atoms with Gasteiger partial charge in [0.25, 0.3) is 0 Å². The first-order chi connectivity index (χ1) is 4.79. The number of rotatable bonds is 1. The maximum atomic E-state index is 6.07. The topological polar surface area (TPSA) is 26.0 Å². The Labute approximate surface area is 62.0 Å². The molecule has 0 aromatic rings. The monoisotopic (exact) mass is 137 g/mol. The molecule has 0 radical (unpaired) electrons. The van der Waals surface area contributed by atoms with Crippen LogP contribution in [0.1, 0.15) is 26.2 Å². The fraction of sp³-hybridized carbons (Fsp3) is 1.00. The van der Waals surface area contributed by atoms with Crippen LogP contribution in [0.5, 0.6) is 0 Å². The molecule has 1 heteroatoms. The molecule has 2 N–H and O–H groups in total. The van der Waals surface area contributed by atoms with E-state index in [-0.39, 0.29) is 0 Å². The van der Waals surface area contributed by atoms with Gasteiger partial charge in [-0.25, -0.2) is 0 Å². The van der Waals surface area contributed by atoms with Crippen LogP contribution in [0.4, 0.5) is 0 Å². The van der Waals surface area contributed by atoms with Crippen LogP contribution < -0.4 is 5.73 Å². The number of nitrogens with two attached hydrogens (primary N) is 1. The van der Waals surface area contributed by atoms with E-state index in [1.165, 1.54) is 19.3 Å². The van der Waals surface area contributed by atoms with E-state index in [1.54, 1.807) is 0 Å². The lowest BCUT2D eigenvalue weighted by Gasteiger charge is -2.04. The Balaban J connectivity index is 2.01. The molecule has 0 aliphatic heterocycles. The Hall–Kier alpha value is -0.0400. The van der Waals surface area contributed by atoms with Crippen molar-refractivity contribution in [2.75, 3.05) is 0 Å². The largest absolute Gasteiger partial charge is 0.327 e. The Bertz CT molecular complexity index is 189. The van der Waals surface area contributed by atoms with Gasteiger partial charge < -0.3 is 5.73 Å². The Morgan fingerprint density at radius 3 is 2.60 bits per heavy atom. The summed E-state index contributed by atoms with van der Waals surface area (Å²) in [5, 5.41) is 0. The lowest BCUT2D eigenvalue weighted by atomic mass is 10.0. The molecule has 4 aliphatic rings. The standard InChI is InChI=1S/C9H15N/c1-2-9-4-5-3-6(9)7(9)8(5)10/h5-8H,2-4,10H2,1H3/t5-,6?,7?,8-,9-/m1/s1. The van der Waals surface area contributed by atoms with Crippen LogP contribution in [0.3, 0.4) is 0 Å². The quantitative estimate of drug-likeness (QED) is 0.580. The molecule has 0 aromatic heterocycles. The van der Waals surface area contributed by atoms with Crippen molar-refractivity contribution >= 4 is 0 Å². The van der Waals surface area contributed by atoms with E-state index in [4.69, 9.17) is 5.73 Å². The highest BCUT2D eigenvalue weighted by atomic mass is 14.9. The minimum atomic E-state index is 0.602. The van der Waals surface area contributed by atoms with E-state index in [9.17, 15) is 0 Å². The van der Waals surface area contributed by atoms with Crippen molar-refractivity contribution in [3.63, 3.8) is 0 Å². The summed E-state index contributed by atoms with van der Waals surface area (Å²) in [7, 11) is 0. The van der Waals surface area contributed by atoms with Gasteiger partial charge in [-0.3, -0.25) is 0 Å². The smallest absolute Gasteiger partial charge is 0.0104 e. The van der Waals surface area contributed by atoms with Gasteiger partial charge in [0.05, 0.1) is 0 Å². The highest BCUT2D eigenvalue weighted by molar-refractivity contribution is 5.26. The van der Waals surface area contributed by atoms with Crippen LogP contribution in [0, 0.1) is 23.2 Å². The molecule has 10 heavy (non-hydrogen) atoms. The summed E-state index contributed by atoms with van der Waals surface area (Å²) in [6.07, 6.45) is 4.34. The van der Waals surface area contributed by atoms with E-state index in [1.807, 2.05) is 0 Å². The molecule has 0 amide bonds. The maximum Gasteiger partial charge on any atom is 0.0104 e. The molecule has 2 unspecified atom stereocenters. The molecule has 4 bridgehead atoms. The van der Waals surface area contributed by atoms with Gasteiger partial charge in [0.1, 0.15) is 0 Å². The van der Waals surface area contributed by atoms with Gasteiger partial charge in [-0.15, -0.1) is 0 Å². The summed E-state index contributed by atoms with van der Waals surface area (Å²) >= 11 is 0. The van der Waals surface area contributed by atoms with E-state index < -0.39 is 0 Å². The molecule has 4 aliphatic carbocycles. The van der Waals surface area contributed by atoms with Crippen molar-refractivity contribution < 1.29 is 0 Å². The van der Waals surface area contributed by atoms with Gasteiger partial charge in [-0.05, 0) is 42.4 Å². The highest BCUT2D eigenvalue weighted by Crippen LogP contribution is 2.79. The zero-order valence-corrected chi connectivity index (χ0v) is 6.51. The molecule has 0 spiro atoms. The Morgan fingerprint density at radius 2 is 2.40 bits per heavy atom. The highest BCUT2D eigenvalue weighted by Gasteiger charge is 2.76. The van der Waals surface area contributed by atoms with Crippen LogP contribution in [-0.2, 0) is 0 Å². The molecule has 0 heterocycles. The number of hydrogen-bond acceptors (Lipinski definition) is 1. The lowest BCUT2D eigenvalue weighted by molar-refractivity contribution is 0.463. The van der Waals surface area contributed by atoms with Crippen LogP contribution in [-0.4, -0.2) is 6.04 Å². The van der Waals surface area contributed by atoms with Gasteiger partial charge in [0, 0.05) is 6.04 Å². The van der Waals surface area contributed by atoms with Crippen LogP contribution in [0.25, 0.3) is 0 Å². The maximum absolute atomic E-state index is 6.07. The molecule has 56 valence electrons. The molecule has 0 aromatic carbocycles. The van der Waals surface area contributed by atoms with Crippen molar-refractivity contribution in [1.82, 2.24) is 0 Å². The minimum Gasteiger partial charge on any atom is -0.327 e. The molecule has 0 saturated heterocycles. The van der Waals surface area contributed by atoms with E-state index >= 15 is 0 Å². The Morgan fingerprint density at radius 1 is 1.60 bits per heavy atom. The fourth-order valence-corrected chi connectivity index (χ4v) is 4.06. The van der Waals surface area contributed by atoms with Crippen LogP contribution >= 0.6 is 0 Å². The summed E-state index contributed by atoms with van der Waals surface area (Å²) in [5.41, 5.74) is 6.85. The number of hydrogen-bond donors (Lipinski definition) is 1. The van der Waals surface area contributed by atoms with Crippen molar-refractivity contribution in [2.24, 2.45) is 28.9 Å². The van der Waals surface area contributed by atoms with Crippen LogP contribution in [0.15, 0.2) is 0 Å². The zero-order valence-electron chi connectivity index (χ0n) is 6.51. The zero-order chi connectivity index (χ0) is 6.93. The van der Waals surface area contributed by atoms with Crippen molar-refractivity contribution in [3.05, 3.63) is 0 Å². The second kappa shape index (κ2) is 1.29. The predicted octanol–water partition coefficient (Wildman–Crippen LogP) is 1.38. The van der Waals surface area contributed by atoms with Gasteiger partial charge in [-0.1, -0.05) is 6.92 Å². The summed E-state index contributed by atoms with van der Waals surface area (Å²) in [5.74, 6) is 2.95. The first kappa shape index (κ1) is 5.59. The lowest BCUT2D eigenvalue weighted by Crippen LogP contribution is -2.23. The van der Waals surface area contributed by atoms with E-state index in [0.29, 0.717) is 6.04 Å². The van der Waals surface area contributed by atoms with Crippen molar-refractivity contribution in [1.29, 1.82) is 0 Å². The SMILES string of the molecule is CC[C@@]12C[C@H]3CC1C2[C@@H]3N. The van der Waals surface area contributed by atoms with E-state index in [0.717, 1.165) is 23.2 Å². The third-order valence-corrected chi connectivity index (χ3v) is 4.54. The van der Waals surface area contributed by atoms with Gasteiger partial charge in [0.2, 0.25) is 0 Å². The molecule has 4 fully saturated rings. The molecule has 4 rings (SSSR count). The third-order valence-electron chi connectivity index (χ3n) is 4.54.